The van der Waals surface area contributed by atoms with E-state index in [1.54, 1.807) is 0 Å². The van der Waals surface area contributed by atoms with Crippen molar-refractivity contribution in [2.75, 3.05) is 0 Å². The monoisotopic (exact) mass is 419 g/mol. The standard InChI is InChI=1S/C28H39N2O/c1-3-5-7-9-13-19-29-20-15-16-24(23-29)27-22-28(31)25-17-11-12-18-26(25)30(27)21-14-10-8-6-4-2/h11-12,15-18,20,22-23H,3-10,13-14,19,21H2,1-2H3/q+1. The first-order valence-corrected chi connectivity index (χ1v) is 12.4. The molecule has 0 aliphatic carbocycles. The zero-order valence-electron chi connectivity index (χ0n) is 19.5. The lowest BCUT2D eigenvalue weighted by atomic mass is 10.1. The maximum absolute atomic E-state index is 12.9. The van der Waals surface area contributed by atoms with Crippen LogP contribution < -0.4 is 10.00 Å². The molecule has 0 saturated heterocycles. The lowest BCUT2D eigenvalue weighted by Crippen LogP contribution is -2.33. The van der Waals surface area contributed by atoms with Crippen LogP contribution in [0.2, 0.25) is 0 Å². The Hall–Kier alpha value is -2.42. The highest BCUT2D eigenvalue weighted by atomic mass is 16.1. The smallest absolute Gasteiger partial charge is 0.190 e. The SMILES string of the molecule is CCCCCCCn1c(-c2ccc[n+](CCCCCCC)c2)cc(=O)c2ccccc21. The van der Waals surface area contributed by atoms with Crippen LogP contribution in [0.3, 0.4) is 0 Å². The van der Waals surface area contributed by atoms with Crippen molar-refractivity contribution < 1.29 is 4.57 Å². The van der Waals surface area contributed by atoms with Crippen molar-refractivity contribution in [2.45, 2.75) is 91.1 Å². The lowest BCUT2D eigenvalue weighted by Gasteiger charge is -2.17. The average molecular weight is 420 g/mol. The third-order valence-corrected chi connectivity index (χ3v) is 6.18. The predicted molar refractivity (Wildman–Crippen MR) is 131 cm³/mol. The molecule has 0 saturated carbocycles. The van der Waals surface area contributed by atoms with Crippen LogP contribution in [0, 0.1) is 0 Å². The maximum Gasteiger partial charge on any atom is 0.190 e. The first-order chi connectivity index (χ1) is 15.2. The molecular formula is C28H39N2O+. The van der Waals surface area contributed by atoms with Gasteiger partial charge in [-0.15, -0.1) is 0 Å². The Morgan fingerprint density at radius 3 is 2.29 bits per heavy atom. The van der Waals surface area contributed by atoms with Gasteiger partial charge in [-0.1, -0.05) is 70.9 Å². The van der Waals surface area contributed by atoms with Crippen LogP contribution in [-0.2, 0) is 13.1 Å². The third kappa shape index (κ3) is 6.53. The number of aryl methyl sites for hydroxylation is 2. The summed E-state index contributed by atoms with van der Waals surface area (Å²) in [6, 6.07) is 14.2. The molecular weight excluding hydrogens is 380 g/mol. The zero-order valence-corrected chi connectivity index (χ0v) is 19.5. The summed E-state index contributed by atoms with van der Waals surface area (Å²) in [7, 11) is 0. The van der Waals surface area contributed by atoms with Gasteiger partial charge in [0.1, 0.15) is 6.54 Å². The Labute approximate surface area is 187 Å². The number of fused-ring (bicyclic) bond motifs is 1. The van der Waals surface area contributed by atoms with Crippen molar-refractivity contribution in [2.24, 2.45) is 0 Å². The van der Waals surface area contributed by atoms with E-state index in [1.165, 1.54) is 57.8 Å². The van der Waals surface area contributed by atoms with Gasteiger partial charge in [-0.2, -0.15) is 0 Å². The summed E-state index contributed by atoms with van der Waals surface area (Å²) in [4.78, 5) is 12.9. The molecule has 0 aliphatic rings. The van der Waals surface area contributed by atoms with Crippen LogP contribution in [0.15, 0.2) is 59.7 Å². The summed E-state index contributed by atoms with van der Waals surface area (Å²) in [5.74, 6) is 0. The second kappa shape index (κ2) is 12.4. The van der Waals surface area contributed by atoms with Crippen LogP contribution in [-0.4, -0.2) is 4.57 Å². The largest absolute Gasteiger partial charge is 0.340 e. The van der Waals surface area contributed by atoms with E-state index in [2.05, 4.69) is 53.6 Å². The van der Waals surface area contributed by atoms with Crippen molar-refractivity contribution in [3.63, 3.8) is 0 Å². The average Bonchev–Trinajstić information content (AvgIpc) is 2.80. The number of nitrogens with zero attached hydrogens (tertiary/aromatic N) is 2. The quantitative estimate of drug-likeness (QED) is 0.219. The molecule has 0 bridgehead atoms. The molecule has 166 valence electrons. The van der Waals surface area contributed by atoms with Gasteiger partial charge in [-0.25, -0.2) is 4.57 Å². The molecule has 2 aromatic heterocycles. The first-order valence-electron chi connectivity index (χ1n) is 12.4. The molecule has 3 nitrogen and oxygen atoms in total. The van der Waals surface area contributed by atoms with E-state index in [4.69, 9.17) is 0 Å². The topological polar surface area (TPSA) is 25.9 Å². The Kier molecular flexibility index (Phi) is 9.33. The van der Waals surface area contributed by atoms with Gasteiger partial charge in [0.25, 0.3) is 0 Å². The molecule has 0 radical (unpaired) electrons. The highest BCUT2D eigenvalue weighted by Crippen LogP contribution is 2.23. The highest BCUT2D eigenvalue weighted by molar-refractivity contribution is 5.82. The van der Waals surface area contributed by atoms with Crippen LogP contribution in [0.25, 0.3) is 22.2 Å². The second-order valence-corrected chi connectivity index (χ2v) is 8.72. The summed E-state index contributed by atoms with van der Waals surface area (Å²) >= 11 is 0. The van der Waals surface area contributed by atoms with Gasteiger partial charge in [-0.05, 0) is 31.0 Å². The second-order valence-electron chi connectivity index (χ2n) is 8.72. The fourth-order valence-electron chi connectivity index (χ4n) is 4.39. The molecule has 2 heterocycles. The van der Waals surface area contributed by atoms with E-state index >= 15 is 0 Å². The van der Waals surface area contributed by atoms with E-state index in [0.717, 1.165) is 41.7 Å². The molecule has 0 N–H and O–H groups in total. The van der Waals surface area contributed by atoms with E-state index in [9.17, 15) is 4.79 Å². The molecule has 3 heteroatoms. The maximum atomic E-state index is 12.9. The van der Waals surface area contributed by atoms with Crippen molar-refractivity contribution in [3.05, 3.63) is 65.1 Å². The molecule has 0 fully saturated rings. The van der Waals surface area contributed by atoms with Crippen LogP contribution in [0.5, 0.6) is 0 Å². The van der Waals surface area contributed by atoms with Crippen molar-refractivity contribution in [1.82, 2.24) is 4.57 Å². The summed E-state index contributed by atoms with van der Waals surface area (Å²) in [6.07, 6.45) is 17.0. The molecule has 0 spiro atoms. The summed E-state index contributed by atoms with van der Waals surface area (Å²) in [6.45, 7) is 6.49. The molecule has 1 aromatic carbocycles. The van der Waals surface area contributed by atoms with E-state index in [1.807, 2.05) is 24.3 Å². The van der Waals surface area contributed by atoms with Gasteiger partial charge in [0.05, 0.1) is 16.8 Å². The van der Waals surface area contributed by atoms with Crippen LogP contribution >= 0.6 is 0 Å². The molecule has 0 aliphatic heterocycles. The van der Waals surface area contributed by atoms with Gasteiger partial charge in [0.2, 0.25) is 0 Å². The van der Waals surface area contributed by atoms with Gasteiger partial charge in [0, 0.05) is 30.5 Å². The molecule has 0 unspecified atom stereocenters. The van der Waals surface area contributed by atoms with Gasteiger partial charge >= 0.3 is 0 Å². The van der Waals surface area contributed by atoms with Crippen LogP contribution in [0.4, 0.5) is 0 Å². The predicted octanol–water partition coefficient (Wildman–Crippen LogP) is 6.90. The zero-order chi connectivity index (χ0) is 21.9. The lowest BCUT2D eigenvalue weighted by molar-refractivity contribution is -0.696. The Bertz CT molecular complexity index is 1010. The summed E-state index contributed by atoms with van der Waals surface area (Å²) in [5, 5.41) is 0.819. The highest BCUT2D eigenvalue weighted by Gasteiger charge is 2.13. The molecule has 0 atom stereocenters. The fourth-order valence-corrected chi connectivity index (χ4v) is 4.39. The van der Waals surface area contributed by atoms with Gasteiger partial charge in [-0.3, -0.25) is 4.79 Å². The van der Waals surface area contributed by atoms with E-state index in [-0.39, 0.29) is 5.43 Å². The van der Waals surface area contributed by atoms with Crippen molar-refractivity contribution in [1.29, 1.82) is 0 Å². The number of hydrogen-bond acceptors (Lipinski definition) is 1. The number of unbranched alkanes of at least 4 members (excludes halogenated alkanes) is 8. The van der Waals surface area contributed by atoms with E-state index < -0.39 is 0 Å². The number of benzene rings is 1. The minimum atomic E-state index is 0.114. The first kappa shape index (κ1) is 23.2. The number of para-hydroxylation sites is 1. The Balaban J connectivity index is 1.87. The number of rotatable bonds is 13. The third-order valence-electron chi connectivity index (χ3n) is 6.18. The molecule has 3 rings (SSSR count). The fraction of sp³-hybridized carbons (Fsp3) is 0.500. The van der Waals surface area contributed by atoms with E-state index in [0.29, 0.717) is 0 Å². The Morgan fingerprint density at radius 2 is 1.52 bits per heavy atom. The van der Waals surface area contributed by atoms with Gasteiger partial charge < -0.3 is 4.57 Å². The van der Waals surface area contributed by atoms with Crippen molar-refractivity contribution in [3.8, 4) is 11.3 Å². The Morgan fingerprint density at radius 1 is 0.806 bits per heavy atom. The number of aromatic nitrogens is 2. The van der Waals surface area contributed by atoms with Crippen LogP contribution in [0.1, 0.15) is 78.1 Å². The summed E-state index contributed by atoms with van der Waals surface area (Å²) in [5.41, 5.74) is 3.34. The van der Waals surface area contributed by atoms with Gasteiger partial charge in [0.15, 0.2) is 17.8 Å². The number of hydrogen-bond donors (Lipinski definition) is 0. The van der Waals surface area contributed by atoms with Crippen molar-refractivity contribution >= 4 is 10.9 Å². The molecule has 0 amide bonds. The minimum absolute atomic E-state index is 0.114. The number of pyridine rings is 2. The summed E-state index contributed by atoms with van der Waals surface area (Å²) < 4.78 is 4.65. The molecule has 31 heavy (non-hydrogen) atoms. The normalized spacial score (nSPS) is 11.3. The minimum Gasteiger partial charge on any atom is -0.340 e. The molecule has 3 aromatic rings.